The molecule has 160 valence electrons. The largest absolute Gasteiger partial charge is 0.458 e. The van der Waals surface area contributed by atoms with E-state index < -0.39 is 47.5 Å². The van der Waals surface area contributed by atoms with Gasteiger partial charge in [0.25, 0.3) is 0 Å². The van der Waals surface area contributed by atoms with E-state index in [0.717, 1.165) is 17.0 Å². The van der Waals surface area contributed by atoms with Crippen molar-refractivity contribution < 1.29 is 27.9 Å². The number of hydrogen-bond donors (Lipinski definition) is 0. The quantitative estimate of drug-likeness (QED) is 0.656. The Morgan fingerprint density at radius 2 is 1.53 bits per heavy atom. The van der Waals surface area contributed by atoms with E-state index in [-0.39, 0.29) is 12.0 Å². The van der Waals surface area contributed by atoms with Gasteiger partial charge >= 0.3 is 5.97 Å². The Morgan fingerprint density at radius 3 is 2.03 bits per heavy atom. The molecule has 0 aliphatic carbocycles. The van der Waals surface area contributed by atoms with Gasteiger partial charge in [-0.15, -0.1) is 0 Å². The van der Waals surface area contributed by atoms with Crippen LogP contribution in [0, 0.1) is 11.6 Å². The Bertz CT molecular complexity index is 902. The van der Waals surface area contributed by atoms with Crippen molar-refractivity contribution in [3.63, 3.8) is 0 Å². The summed E-state index contributed by atoms with van der Waals surface area (Å²) in [7, 11) is 0. The maximum Gasteiger partial charge on any atom is 0.334 e. The highest BCUT2D eigenvalue weighted by Crippen LogP contribution is 2.27. The molecule has 0 aromatic heterocycles. The number of imide groups is 1. The molecule has 0 unspecified atom stereocenters. The zero-order valence-corrected chi connectivity index (χ0v) is 17.4. The van der Waals surface area contributed by atoms with E-state index in [1.807, 2.05) is 0 Å². The van der Waals surface area contributed by atoms with Crippen LogP contribution in [-0.2, 0) is 25.5 Å². The number of amides is 2. The summed E-state index contributed by atoms with van der Waals surface area (Å²) < 4.78 is 32.5. The Kier molecular flexibility index (Phi) is 7.43. The molecule has 0 saturated heterocycles. The number of halogens is 2. The number of carbonyl (C=O) groups is 3. The standard InChI is InChI=1S/C23H25F2NO4/c1-5-19(27)26(20(28)13-15-11-17(24)14-18(25)12-15)21(16-9-7-6-8-10-16)22(29)30-23(2,3)4/h6-12,14,21H,5,13H2,1-4H3/t21-/m0/s1. The summed E-state index contributed by atoms with van der Waals surface area (Å²) in [5.41, 5.74) is -0.394. The van der Waals surface area contributed by atoms with Gasteiger partial charge in [-0.1, -0.05) is 37.3 Å². The monoisotopic (exact) mass is 417 g/mol. The van der Waals surface area contributed by atoms with Crippen LogP contribution >= 0.6 is 0 Å². The molecule has 5 nitrogen and oxygen atoms in total. The predicted molar refractivity (Wildman–Crippen MR) is 107 cm³/mol. The van der Waals surface area contributed by atoms with Crippen molar-refractivity contribution in [2.45, 2.75) is 52.2 Å². The topological polar surface area (TPSA) is 63.7 Å². The fourth-order valence-electron chi connectivity index (χ4n) is 2.95. The van der Waals surface area contributed by atoms with E-state index in [1.165, 1.54) is 0 Å². The molecule has 0 radical (unpaired) electrons. The van der Waals surface area contributed by atoms with Crippen molar-refractivity contribution in [2.75, 3.05) is 0 Å². The molecule has 2 amide bonds. The van der Waals surface area contributed by atoms with Crippen LogP contribution in [0.2, 0.25) is 0 Å². The van der Waals surface area contributed by atoms with E-state index in [2.05, 4.69) is 0 Å². The summed E-state index contributed by atoms with van der Waals surface area (Å²) in [5, 5.41) is 0. The van der Waals surface area contributed by atoms with Gasteiger partial charge in [0.2, 0.25) is 11.8 Å². The van der Waals surface area contributed by atoms with E-state index in [4.69, 9.17) is 4.74 Å². The first-order chi connectivity index (χ1) is 14.0. The highest BCUT2D eigenvalue weighted by atomic mass is 19.1. The molecule has 0 N–H and O–H groups in total. The minimum atomic E-state index is -1.32. The number of esters is 1. The summed E-state index contributed by atoms with van der Waals surface area (Å²) in [6.45, 7) is 6.59. The van der Waals surface area contributed by atoms with Crippen LogP contribution in [0.25, 0.3) is 0 Å². The first kappa shape index (κ1) is 23.2. The number of nitrogens with zero attached hydrogens (tertiary/aromatic N) is 1. The van der Waals surface area contributed by atoms with Crippen LogP contribution in [0.4, 0.5) is 8.78 Å². The summed E-state index contributed by atoms with van der Waals surface area (Å²) >= 11 is 0. The second kappa shape index (κ2) is 9.61. The first-order valence-electron chi connectivity index (χ1n) is 9.59. The summed E-state index contributed by atoms with van der Waals surface area (Å²) in [6, 6.07) is 9.71. The highest BCUT2D eigenvalue weighted by molar-refractivity contribution is 6.00. The van der Waals surface area contributed by atoms with Gasteiger partial charge in [-0.2, -0.15) is 0 Å². The van der Waals surface area contributed by atoms with E-state index in [1.54, 1.807) is 58.0 Å². The van der Waals surface area contributed by atoms with Crippen LogP contribution in [0.1, 0.15) is 51.3 Å². The Morgan fingerprint density at radius 1 is 0.967 bits per heavy atom. The summed E-state index contributed by atoms with van der Waals surface area (Å²) in [6.07, 6.45) is -0.498. The minimum Gasteiger partial charge on any atom is -0.458 e. The Balaban J connectivity index is 2.48. The SMILES string of the molecule is CCC(=O)N(C(=O)Cc1cc(F)cc(F)c1)[C@H](C(=O)OC(C)(C)C)c1ccccc1. The lowest BCUT2D eigenvalue weighted by molar-refractivity contribution is -0.169. The lowest BCUT2D eigenvalue weighted by Gasteiger charge is -2.31. The van der Waals surface area contributed by atoms with Gasteiger partial charge < -0.3 is 4.74 Å². The average Bonchev–Trinajstić information content (AvgIpc) is 2.63. The molecule has 7 heteroatoms. The van der Waals surface area contributed by atoms with E-state index in [0.29, 0.717) is 11.6 Å². The lowest BCUT2D eigenvalue weighted by atomic mass is 10.0. The van der Waals surface area contributed by atoms with Gasteiger partial charge in [-0.25, -0.2) is 13.6 Å². The van der Waals surface area contributed by atoms with Gasteiger partial charge in [0.15, 0.2) is 6.04 Å². The van der Waals surface area contributed by atoms with Gasteiger partial charge in [0.05, 0.1) is 6.42 Å². The van der Waals surface area contributed by atoms with Crippen molar-refractivity contribution >= 4 is 17.8 Å². The molecule has 2 aromatic rings. The molecule has 0 aliphatic heterocycles. The van der Waals surface area contributed by atoms with Crippen molar-refractivity contribution in [1.29, 1.82) is 0 Å². The van der Waals surface area contributed by atoms with Gasteiger partial charge in [-0.05, 0) is 44.0 Å². The Hall–Kier alpha value is -3.09. The normalized spacial score (nSPS) is 12.2. The smallest absolute Gasteiger partial charge is 0.334 e. The van der Waals surface area contributed by atoms with Crippen LogP contribution < -0.4 is 0 Å². The zero-order chi connectivity index (χ0) is 22.5. The molecule has 0 aliphatic rings. The maximum absolute atomic E-state index is 13.5. The first-order valence-corrected chi connectivity index (χ1v) is 9.59. The van der Waals surface area contributed by atoms with Crippen molar-refractivity contribution in [1.82, 2.24) is 4.90 Å². The van der Waals surface area contributed by atoms with E-state index >= 15 is 0 Å². The molecular weight excluding hydrogens is 392 g/mol. The molecule has 1 atom stereocenters. The molecule has 2 aromatic carbocycles. The molecule has 0 bridgehead atoms. The van der Waals surface area contributed by atoms with Crippen LogP contribution in [0.5, 0.6) is 0 Å². The number of benzene rings is 2. The second-order valence-corrected chi connectivity index (χ2v) is 7.81. The third-order valence-corrected chi connectivity index (χ3v) is 4.12. The highest BCUT2D eigenvalue weighted by Gasteiger charge is 2.38. The predicted octanol–water partition coefficient (Wildman–Crippen LogP) is 4.36. The molecule has 0 heterocycles. The van der Waals surface area contributed by atoms with Crippen LogP contribution in [0.3, 0.4) is 0 Å². The molecule has 30 heavy (non-hydrogen) atoms. The van der Waals surface area contributed by atoms with Crippen molar-refractivity contribution in [3.05, 3.63) is 71.3 Å². The number of rotatable bonds is 6. The number of ether oxygens (including phenoxy) is 1. The van der Waals surface area contributed by atoms with Gasteiger partial charge in [0.1, 0.15) is 17.2 Å². The van der Waals surface area contributed by atoms with Crippen LogP contribution in [-0.4, -0.2) is 28.3 Å². The fraction of sp³-hybridized carbons (Fsp3) is 0.348. The molecule has 0 saturated carbocycles. The third-order valence-electron chi connectivity index (χ3n) is 4.12. The molecular formula is C23H25F2NO4. The number of hydrogen-bond acceptors (Lipinski definition) is 4. The van der Waals surface area contributed by atoms with Gasteiger partial charge in [-0.3, -0.25) is 14.5 Å². The second-order valence-electron chi connectivity index (χ2n) is 7.81. The summed E-state index contributed by atoms with van der Waals surface area (Å²) in [4.78, 5) is 39.6. The minimum absolute atomic E-state index is 0.0462. The number of carbonyl (C=O) groups excluding carboxylic acids is 3. The fourth-order valence-corrected chi connectivity index (χ4v) is 2.95. The third kappa shape index (κ3) is 6.20. The van der Waals surface area contributed by atoms with Gasteiger partial charge in [0, 0.05) is 12.5 Å². The zero-order valence-electron chi connectivity index (χ0n) is 17.4. The Labute approximate surface area is 174 Å². The molecule has 2 rings (SSSR count). The van der Waals surface area contributed by atoms with Crippen molar-refractivity contribution in [3.8, 4) is 0 Å². The van der Waals surface area contributed by atoms with Crippen molar-refractivity contribution in [2.24, 2.45) is 0 Å². The molecule has 0 spiro atoms. The van der Waals surface area contributed by atoms with Crippen LogP contribution in [0.15, 0.2) is 48.5 Å². The molecule has 0 fully saturated rings. The maximum atomic E-state index is 13.5. The lowest BCUT2D eigenvalue weighted by Crippen LogP contribution is -2.45. The summed E-state index contributed by atoms with van der Waals surface area (Å²) in [5.74, 6) is -3.80. The van der Waals surface area contributed by atoms with E-state index in [9.17, 15) is 23.2 Å². The average molecular weight is 417 g/mol.